The van der Waals surface area contributed by atoms with Gasteiger partial charge in [-0.3, -0.25) is 4.79 Å². The number of rotatable bonds is 5. The molecule has 60 valence electrons. The predicted molar refractivity (Wildman–Crippen MR) is 38.9 cm³/mol. The molecule has 10 heavy (non-hydrogen) atoms. The first-order valence-corrected chi connectivity index (χ1v) is 3.16. The Balaban J connectivity index is 2.96. The zero-order chi connectivity index (χ0) is 7.82. The zero-order valence-corrected chi connectivity index (χ0v) is 6.32. The number of carbonyl (C=O) groups excluding carboxylic acids is 1. The molecule has 0 rings (SSSR count). The van der Waals surface area contributed by atoms with Crippen LogP contribution in [0.15, 0.2) is 0 Å². The first-order chi connectivity index (χ1) is 4.81. The molecule has 4 N–H and O–H groups in total. The topological polar surface area (TPSA) is 65.2 Å². The monoisotopic (exact) mass is 146 g/mol. The second kappa shape index (κ2) is 6.47. The van der Waals surface area contributed by atoms with Crippen molar-refractivity contribution in [1.29, 1.82) is 0 Å². The SMILES string of the molecule is CNNNCCC(=O)NC. The van der Waals surface area contributed by atoms with Gasteiger partial charge < -0.3 is 5.32 Å². The van der Waals surface area contributed by atoms with Gasteiger partial charge in [0.15, 0.2) is 0 Å². The fourth-order valence-electron chi connectivity index (χ4n) is 0.452. The summed E-state index contributed by atoms with van der Waals surface area (Å²) < 4.78 is 0. The van der Waals surface area contributed by atoms with Crippen LogP contribution in [0.25, 0.3) is 0 Å². The normalized spacial score (nSPS) is 9.40. The fraction of sp³-hybridized carbons (Fsp3) is 0.800. The summed E-state index contributed by atoms with van der Waals surface area (Å²) in [4.78, 5) is 10.6. The van der Waals surface area contributed by atoms with E-state index in [-0.39, 0.29) is 5.91 Å². The van der Waals surface area contributed by atoms with E-state index >= 15 is 0 Å². The molecule has 0 aromatic carbocycles. The largest absolute Gasteiger partial charge is 0.359 e. The van der Waals surface area contributed by atoms with Crippen molar-refractivity contribution in [3.8, 4) is 0 Å². The summed E-state index contributed by atoms with van der Waals surface area (Å²) in [6.45, 7) is 0.612. The van der Waals surface area contributed by atoms with Crippen LogP contribution in [0.3, 0.4) is 0 Å². The van der Waals surface area contributed by atoms with E-state index in [1.54, 1.807) is 14.1 Å². The summed E-state index contributed by atoms with van der Waals surface area (Å²) in [6.07, 6.45) is 0.477. The number of hydrazine groups is 2. The average molecular weight is 146 g/mol. The molecule has 1 amide bonds. The summed E-state index contributed by atoms with van der Waals surface area (Å²) in [5.74, 6) is 0.0328. The van der Waals surface area contributed by atoms with Crippen molar-refractivity contribution in [3.63, 3.8) is 0 Å². The van der Waals surface area contributed by atoms with Gasteiger partial charge in [0.1, 0.15) is 0 Å². The van der Waals surface area contributed by atoms with Crippen LogP contribution in [0.2, 0.25) is 0 Å². The minimum Gasteiger partial charge on any atom is -0.359 e. The van der Waals surface area contributed by atoms with E-state index in [4.69, 9.17) is 0 Å². The Morgan fingerprint density at radius 2 is 2.10 bits per heavy atom. The highest BCUT2D eigenvalue weighted by Crippen LogP contribution is 1.71. The van der Waals surface area contributed by atoms with Crippen LogP contribution in [0.5, 0.6) is 0 Å². The van der Waals surface area contributed by atoms with Gasteiger partial charge in [-0.1, -0.05) is 0 Å². The van der Waals surface area contributed by atoms with Gasteiger partial charge in [0.25, 0.3) is 0 Å². The van der Waals surface area contributed by atoms with Crippen molar-refractivity contribution < 1.29 is 4.79 Å². The van der Waals surface area contributed by atoms with Gasteiger partial charge in [-0.2, -0.15) is 5.53 Å². The van der Waals surface area contributed by atoms with Crippen molar-refractivity contribution in [3.05, 3.63) is 0 Å². The second-order valence-electron chi connectivity index (χ2n) is 1.72. The Bertz CT molecular complexity index is 95.6. The van der Waals surface area contributed by atoms with Crippen LogP contribution >= 0.6 is 0 Å². The minimum absolute atomic E-state index is 0.0328. The van der Waals surface area contributed by atoms with Gasteiger partial charge in [-0.25, -0.2) is 10.9 Å². The third-order valence-corrected chi connectivity index (χ3v) is 0.969. The van der Waals surface area contributed by atoms with Crippen LogP contribution in [-0.4, -0.2) is 26.5 Å². The van der Waals surface area contributed by atoms with Crippen molar-refractivity contribution in [2.75, 3.05) is 20.6 Å². The first kappa shape index (κ1) is 9.35. The summed E-state index contributed by atoms with van der Waals surface area (Å²) in [5.41, 5.74) is 8.09. The molecule has 0 unspecified atom stereocenters. The molecular weight excluding hydrogens is 132 g/mol. The van der Waals surface area contributed by atoms with E-state index in [0.717, 1.165) is 0 Å². The molecule has 5 nitrogen and oxygen atoms in total. The molecule has 0 aromatic heterocycles. The van der Waals surface area contributed by atoms with Crippen molar-refractivity contribution in [1.82, 2.24) is 21.7 Å². The average Bonchev–Trinajstić information content (AvgIpc) is 1.98. The van der Waals surface area contributed by atoms with E-state index in [1.165, 1.54) is 0 Å². The molecule has 0 spiro atoms. The Morgan fingerprint density at radius 3 is 2.60 bits per heavy atom. The Hall–Kier alpha value is -0.650. The lowest BCUT2D eigenvalue weighted by atomic mass is 10.4. The lowest BCUT2D eigenvalue weighted by Gasteiger charge is -2.03. The molecule has 0 atom stereocenters. The molecular formula is C5H14N4O. The van der Waals surface area contributed by atoms with Gasteiger partial charge in [0, 0.05) is 20.0 Å². The third-order valence-electron chi connectivity index (χ3n) is 0.969. The lowest BCUT2D eigenvalue weighted by Crippen LogP contribution is -2.42. The van der Waals surface area contributed by atoms with Crippen LogP contribution in [0.4, 0.5) is 0 Å². The molecule has 0 saturated heterocycles. The minimum atomic E-state index is 0.0328. The van der Waals surface area contributed by atoms with Crippen LogP contribution in [0.1, 0.15) is 6.42 Å². The molecule has 0 aromatic rings. The van der Waals surface area contributed by atoms with E-state index in [1.807, 2.05) is 0 Å². The molecule has 0 aliphatic rings. The van der Waals surface area contributed by atoms with Crippen molar-refractivity contribution in [2.45, 2.75) is 6.42 Å². The van der Waals surface area contributed by atoms with Gasteiger partial charge in [0.05, 0.1) is 0 Å². The second-order valence-corrected chi connectivity index (χ2v) is 1.72. The molecule has 0 aliphatic heterocycles. The number of amides is 1. The molecule has 0 aliphatic carbocycles. The Kier molecular flexibility index (Phi) is 6.05. The molecule has 5 heteroatoms. The molecule has 0 saturated carbocycles. The quantitative estimate of drug-likeness (QED) is 0.277. The Morgan fingerprint density at radius 1 is 1.40 bits per heavy atom. The predicted octanol–water partition coefficient (Wildman–Crippen LogP) is -1.65. The van der Waals surface area contributed by atoms with Gasteiger partial charge in [-0.05, 0) is 7.05 Å². The maximum absolute atomic E-state index is 10.6. The standard InChI is InChI=1S/C5H14N4O/c1-6-5(10)3-4-8-9-7-2/h7-9H,3-4H2,1-2H3,(H,6,10). The lowest BCUT2D eigenvalue weighted by molar-refractivity contribution is -0.120. The van der Waals surface area contributed by atoms with Crippen molar-refractivity contribution >= 4 is 5.91 Å². The highest BCUT2D eigenvalue weighted by atomic mass is 16.1. The molecule has 0 heterocycles. The summed E-state index contributed by atoms with van der Waals surface area (Å²) >= 11 is 0. The number of carbonyl (C=O) groups is 1. The zero-order valence-electron chi connectivity index (χ0n) is 6.32. The summed E-state index contributed by atoms with van der Waals surface area (Å²) in [5, 5.41) is 2.51. The van der Waals surface area contributed by atoms with Gasteiger partial charge >= 0.3 is 0 Å². The maximum Gasteiger partial charge on any atom is 0.221 e. The summed E-state index contributed by atoms with van der Waals surface area (Å²) in [7, 11) is 3.36. The van der Waals surface area contributed by atoms with Crippen LogP contribution < -0.4 is 21.7 Å². The van der Waals surface area contributed by atoms with E-state index in [0.29, 0.717) is 13.0 Å². The first-order valence-electron chi connectivity index (χ1n) is 3.16. The molecule has 0 fully saturated rings. The van der Waals surface area contributed by atoms with E-state index < -0.39 is 0 Å². The van der Waals surface area contributed by atoms with Gasteiger partial charge in [-0.15, -0.1) is 0 Å². The Labute approximate surface area is 60.5 Å². The van der Waals surface area contributed by atoms with Gasteiger partial charge in [0.2, 0.25) is 5.91 Å². The number of hydrogen-bond acceptors (Lipinski definition) is 4. The molecule has 0 bridgehead atoms. The third kappa shape index (κ3) is 5.49. The highest BCUT2D eigenvalue weighted by Gasteiger charge is 1.93. The van der Waals surface area contributed by atoms with Crippen molar-refractivity contribution in [2.24, 2.45) is 0 Å². The maximum atomic E-state index is 10.6. The number of hydrogen-bond donors (Lipinski definition) is 4. The van der Waals surface area contributed by atoms with Crippen LogP contribution in [0, 0.1) is 0 Å². The molecule has 0 radical (unpaired) electrons. The summed E-state index contributed by atoms with van der Waals surface area (Å²) in [6, 6.07) is 0. The van der Waals surface area contributed by atoms with Crippen LogP contribution in [-0.2, 0) is 4.79 Å². The number of nitrogens with one attached hydrogen (secondary N) is 4. The highest BCUT2D eigenvalue weighted by molar-refractivity contribution is 5.75. The van der Waals surface area contributed by atoms with E-state index in [9.17, 15) is 4.79 Å². The smallest absolute Gasteiger partial charge is 0.221 e. The van der Waals surface area contributed by atoms with E-state index in [2.05, 4.69) is 21.7 Å². The fourth-order valence-corrected chi connectivity index (χ4v) is 0.452.